The molecule has 8 nitrogen and oxygen atoms in total. The third kappa shape index (κ3) is 6.39. The highest BCUT2D eigenvalue weighted by molar-refractivity contribution is 6.00. The van der Waals surface area contributed by atoms with Gasteiger partial charge in [-0.3, -0.25) is 9.69 Å². The van der Waals surface area contributed by atoms with Gasteiger partial charge in [0.05, 0.1) is 19.8 Å². The normalized spacial score (nSPS) is 16.0. The number of unbranched alkanes of at least 4 members (excludes halogenated alkanes) is 1. The summed E-state index contributed by atoms with van der Waals surface area (Å²) < 4.78 is 11.2. The molecular formula is C34H42N4O4. The minimum atomic E-state index is -0.186. The molecule has 0 atom stereocenters. The Balaban J connectivity index is 1.39. The number of phenolic OH excluding ortho intramolecular Hbond substituents is 1. The number of aromatic hydroxyl groups is 1. The van der Waals surface area contributed by atoms with Gasteiger partial charge in [-0.15, -0.1) is 0 Å². The number of aromatic amines is 1. The third-order valence-corrected chi connectivity index (χ3v) is 8.17. The summed E-state index contributed by atoms with van der Waals surface area (Å²) in [6.07, 6.45) is 16.4. The van der Waals surface area contributed by atoms with Gasteiger partial charge in [0, 0.05) is 60.7 Å². The van der Waals surface area contributed by atoms with Gasteiger partial charge < -0.3 is 24.5 Å². The second kappa shape index (κ2) is 13.3. The zero-order valence-electron chi connectivity index (χ0n) is 25.2. The predicted molar refractivity (Wildman–Crippen MR) is 168 cm³/mol. The molecule has 1 saturated heterocycles. The van der Waals surface area contributed by atoms with Crippen molar-refractivity contribution in [3.8, 4) is 22.6 Å². The molecule has 8 heteroatoms. The molecule has 5 rings (SSSR count). The quantitative estimate of drug-likeness (QED) is 0.274. The first-order chi connectivity index (χ1) is 20.4. The number of H-pyrrole nitrogens is 1. The molecule has 0 bridgehead atoms. The van der Waals surface area contributed by atoms with E-state index in [-0.39, 0.29) is 23.0 Å². The van der Waals surface area contributed by atoms with E-state index in [0.717, 1.165) is 71.0 Å². The van der Waals surface area contributed by atoms with E-state index in [4.69, 9.17) is 9.47 Å². The lowest BCUT2D eigenvalue weighted by molar-refractivity contribution is 0.0631. The Morgan fingerprint density at radius 3 is 2.62 bits per heavy atom. The molecule has 2 aromatic heterocycles. The molecule has 3 heterocycles. The zero-order valence-corrected chi connectivity index (χ0v) is 25.2. The maximum atomic E-state index is 13.7. The van der Waals surface area contributed by atoms with Crippen LogP contribution in [0.1, 0.15) is 55.5 Å². The van der Waals surface area contributed by atoms with Gasteiger partial charge in [0.15, 0.2) is 11.5 Å². The highest BCUT2D eigenvalue weighted by Gasteiger charge is 2.26. The number of hydrogen-bond donors (Lipinski definition) is 2. The van der Waals surface area contributed by atoms with E-state index in [2.05, 4.69) is 46.9 Å². The van der Waals surface area contributed by atoms with Crippen molar-refractivity contribution in [1.29, 1.82) is 0 Å². The molecule has 1 aliphatic carbocycles. The number of amides is 1. The topological polar surface area (TPSA) is 90.9 Å². The van der Waals surface area contributed by atoms with E-state index in [9.17, 15) is 9.90 Å². The number of phenols is 1. The van der Waals surface area contributed by atoms with Crippen molar-refractivity contribution < 1.29 is 19.4 Å². The Morgan fingerprint density at radius 1 is 1.07 bits per heavy atom. The first-order valence-electron chi connectivity index (χ1n) is 14.9. The van der Waals surface area contributed by atoms with E-state index in [0.29, 0.717) is 13.1 Å². The lowest BCUT2D eigenvalue weighted by atomic mass is 9.98. The maximum Gasteiger partial charge on any atom is 0.257 e. The minimum Gasteiger partial charge on any atom is -0.504 e. The van der Waals surface area contributed by atoms with Crippen LogP contribution in [0.25, 0.3) is 27.7 Å². The molecule has 222 valence electrons. The van der Waals surface area contributed by atoms with Gasteiger partial charge in [-0.25, -0.2) is 4.98 Å². The molecule has 1 fully saturated rings. The van der Waals surface area contributed by atoms with Crippen LogP contribution in [0.3, 0.4) is 0 Å². The van der Waals surface area contributed by atoms with Gasteiger partial charge >= 0.3 is 0 Å². The van der Waals surface area contributed by atoms with Crippen LogP contribution in [0, 0.1) is 5.92 Å². The average molecular weight is 571 g/mol. The smallest absolute Gasteiger partial charge is 0.257 e. The first kappa shape index (κ1) is 29.5. The highest BCUT2D eigenvalue weighted by Crippen LogP contribution is 2.38. The molecule has 3 aromatic rings. The Labute approximate surface area is 248 Å². The SMILES string of the molecule is COC1=CCC=CC=C1c1c[nH]c2ncc(-c3cc(OC)c(O)c(C(=O)N4CCN(CCCCC(C)C)CC4)c3)cc12. The van der Waals surface area contributed by atoms with Crippen molar-refractivity contribution >= 4 is 22.5 Å². The molecule has 0 saturated carbocycles. The van der Waals surface area contributed by atoms with Crippen LogP contribution in [0.15, 0.2) is 60.7 Å². The van der Waals surface area contributed by atoms with Crippen molar-refractivity contribution in [3.63, 3.8) is 0 Å². The van der Waals surface area contributed by atoms with Crippen molar-refractivity contribution in [3.05, 3.63) is 71.8 Å². The molecule has 2 N–H and O–H groups in total. The third-order valence-electron chi connectivity index (χ3n) is 8.17. The van der Waals surface area contributed by atoms with Crippen molar-refractivity contribution in [1.82, 2.24) is 19.8 Å². The number of carbonyl (C=O) groups is 1. The molecule has 0 spiro atoms. The lowest BCUT2D eigenvalue weighted by Gasteiger charge is -2.35. The number of aromatic nitrogens is 2. The molecule has 1 aromatic carbocycles. The number of methoxy groups -OCH3 is 2. The summed E-state index contributed by atoms with van der Waals surface area (Å²) in [4.78, 5) is 25.9. The Hall–Kier alpha value is -4.04. The second-order valence-corrected chi connectivity index (χ2v) is 11.4. The van der Waals surface area contributed by atoms with Gasteiger partial charge in [-0.05, 0) is 55.1 Å². The number of pyridine rings is 1. The van der Waals surface area contributed by atoms with Crippen LogP contribution >= 0.6 is 0 Å². The van der Waals surface area contributed by atoms with Crippen molar-refractivity contribution in [2.24, 2.45) is 5.92 Å². The first-order valence-corrected chi connectivity index (χ1v) is 14.9. The lowest BCUT2D eigenvalue weighted by Crippen LogP contribution is -2.48. The molecule has 42 heavy (non-hydrogen) atoms. The molecule has 0 radical (unpaired) electrons. The van der Waals surface area contributed by atoms with E-state index in [1.54, 1.807) is 25.4 Å². The summed E-state index contributed by atoms with van der Waals surface area (Å²) in [7, 11) is 3.18. The van der Waals surface area contributed by atoms with Crippen LogP contribution in [-0.2, 0) is 4.74 Å². The molecular weight excluding hydrogens is 528 g/mol. The molecule has 0 unspecified atom stereocenters. The van der Waals surface area contributed by atoms with Gasteiger partial charge in [0.25, 0.3) is 5.91 Å². The van der Waals surface area contributed by atoms with Gasteiger partial charge in [-0.1, -0.05) is 44.9 Å². The van der Waals surface area contributed by atoms with E-state index < -0.39 is 0 Å². The average Bonchev–Trinajstić information content (AvgIpc) is 3.27. The van der Waals surface area contributed by atoms with Crippen LogP contribution in [0.4, 0.5) is 0 Å². The van der Waals surface area contributed by atoms with Crippen LogP contribution in [0.5, 0.6) is 11.5 Å². The van der Waals surface area contributed by atoms with Gasteiger partial charge in [0.1, 0.15) is 11.4 Å². The summed E-state index contributed by atoms with van der Waals surface area (Å²) in [6.45, 7) is 8.53. The summed E-state index contributed by atoms with van der Waals surface area (Å²) in [5.74, 6) is 1.48. The fraction of sp³-hybridized carbons (Fsp3) is 0.412. The summed E-state index contributed by atoms with van der Waals surface area (Å²) >= 11 is 0. The fourth-order valence-corrected chi connectivity index (χ4v) is 5.74. The number of nitrogens with one attached hydrogen (secondary N) is 1. The Morgan fingerprint density at radius 2 is 1.88 bits per heavy atom. The predicted octanol–water partition coefficient (Wildman–Crippen LogP) is 6.40. The minimum absolute atomic E-state index is 0.135. The Kier molecular flexibility index (Phi) is 9.32. The van der Waals surface area contributed by atoms with E-state index in [1.807, 2.05) is 23.2 Å². The summed E-state index contributed by atoms with van der Waals surface area (Å²) in [5.41, 5.74) is 4.50. The highest BCUT2D eigenvalue weighted by atomic mass is 16.5. The van der Waals surface area contributed by atoms with Gasteiger partial charge in [-0.2, -0.15) is 0 Å². The van der Waals surface area contributed by atoms with Gasteiger partial charge in [0.2, 0.25) is 0 Å². The number of fused-ring (bicyclic) bond motifs is 1. The van der Waals surface area contributed by atoms with Crippen LogP contribution < -0.4 is 4.74 Å². The summed E-state index contributed by atoms with van der Waals surface area (Å²) in [5, 5.41) is 11.9. The monoisotopic (exact) mass is 570 g/mol. The number of nitrogens with zero attached hydrogens (tertiary/aromatic N) is 3. The molecule has 1 amide bonds. The number of carbonyl (C=O) groups excluding carboxylic acids is 1. The summed E-state index contributed by atoms with van der Waals surface area (Å²) in [6, 6.07) is 5.56. The second-order valence-electron chi connectivity index (χ2n) is 11.4. The standard InChI is InChI=1S/C34H42N4O4/c1-23(2)10-8-9-13-37-14-16-38(17-15-37)34(40)28-18-24(20-31(42-4)32(28)39)25-19-27-29(22-36-33(27)35-21-25)26-11-6-5-7-12-30(26)41-3/h5-6,11-12,18-23,39H,7-10,13-17H2,1-4H3,(H,35,36). The van der Waals surface area contributed by atoms with Crippen molar-refractivity contribution in [2.45, 2.75) is 39.5 Å². The molecule has 2 aliphatic rings. The fourth-order valence-electron chi connectivity index (χ4n) is 5.74. The number of hydrogen-bond acceptors (Lipinski definition) is 6. The largest absolute Gasteiger partial charge is 0.504 e. The van der Waals surface area contributed by atoms with E-state index >= 15 is 0 Å². The zero-order chi connectivity index (χ0) is 29.6. The number of allylic oxidation sites excluding steroid dienone is 5. The number of ether oxygens (including phenoxy) is 2. The van der Waals surface area contributed by atoms with E-state index in [1.165, 1.54) is 26.4 Å². The maximum absolute atomic E-state index is 13.7. The number of rotatable bonds is 10. The van der Waals surface area contributed by atoms with Crippen LogP contribution in [-0.4, -0.2) is 77.7 Å². The molecule has 1 aliphatic heterocycles. The van der Waals surface area contributed by atoms with Crippen molar-refractivity contribution in [2.75, 3.05) is 46.9 Å². The number of piperazine rings is 1. The number of benzene rings is 1. The Bertz CT molecular complexity index is 1510. The van der Waals surface area contributed by atoms with Crippen LogP contribution in [0.2, 0.25) is 0 Å².